The normalized spacial score (nSPS) is 10.4. The van der Waals surface area contributed by atoms with Crippen LogP contribution in [0.5, 0.6) is 5.75 Å². The van der Waals surface area contributed by atoms with Gasteiger partial charge in [0.25, 0.3) is 5.56 Å². The van der Waals surface area contributed by atoms with Crippen LogP contribution in [0, 0.1) is 0 Å². The Balaban J connectivity index is 1.89. The van der Waals surface area contributed by atoms with Crippen molar-refractivity contribution in [2.24, 2.45) is 0 Å². The smallest absolute Gasteiger partial charge is 0.337 e. The quantitative estimate of drug-likeness (QED) is 0.522. The lowest BCUT2D eigenvalue weighted by molar-refractivity contribution is 0.0600. The number of rotatable bonds is 5. The molecule has 27 heavy (non-hydrogen) atoms. The number of esters is 1. The van der Waals surface area contributed by atoms with Crippen LogP contribution in [0.15, 0.2) is 53.5 Å². The Hall–Kier alpha value is -3.81. The Morgan fingerprint density at radius 1 is 1.15 bits per heavy atom. The van der Waals surface area contributed by atoms with Crippen LogP contribution >= 0.6 is 0 Å². The molecule has 1 aromatic carbocycles. The standard InChI is InChI=1S/C19H15N3O5/c1-27-19(26)12-7-5-11(6-8-12)10-14(23)15-16(24)18(25)22-17(21-15)13-4-2-3-9-20-13/h2-9,24H,10H2,1H3,(H,21,22,25). The van der Waals surface area contributed by atoms with E-state index in [1.54, 1.807) is 30.3 Å². The second-order valence-corrected chi connectivity index (χ2v) is 5.62. The predicted molar refractivity (Wildman–Crippen MR) is 95.6 cm³/mol. The van der Waals surface area contributed by atoms with E-state index in [0.29, 0.717) is 16.8 Å². The Labute approximate surface area is 153 Å². The fraction of sp³-hybridized carbons (Fsp3) is 0.105. The topological polar surface area (TPSA) is 122 Å². The van der Waals surface area contributed by atoms with E-state index in [0.717, 1.165) is 0 Å². The number of hydrogen-bond acceptors (Lipinski definition) is 7. The summed E-state index contributed by atoms with van der Waals surface area (Å²) in [6.07, 6.45) is 1.42. The molecule has 0 saturated carbocycles. The number of aromatic nitrogens is 3. The van der Waals surface area contributed by atoms with Gasteiger partial charge in [0.05, 0.1) is 12.7 Å². The van der Waals surface area contributed by atoms with Crippen molar-refractivity contribution >= 4 is 11.8 Å². The van der Waals surface area contributed by atoms with Gasteiger partial charge in [0, 0.05) is 12.6 Å². The Morgan fingerprint density at radius 2 is 1.89 bits per heavy atom. The fourth-order valence-corrected chi connectivity index (χ4v) is 2.43. The summed E-state index contributed by atoms with van der Waals surface area (Å²) in [5.74, 6) is -1.68. The number of pyridine rings is 1. The number of hydrogen-bond donors (Lipinski definition) is 2. The first-order valence-corrected chi connectivity index (χ1v) is 7.94. The highest BCUT2D eigenvalue weighted by Gasteiger charge is 2.19. The zero-order chi connectivity index (χ0) is 19.4. The van der Waals surface area contributed by atoms with Crippen molar-refractivity contribution in [3.8, 4) is 17.3 Å². The zero-order valence-corrected chi connectivity index (χ0v) is 14.3. The third kappa shape index (κ3) is 3.90. The molecule has 0 amide bonds. The molecule has 0 bridgehead atoms. The number of nitrogens with one attached hydrogen (secondary N) is 1. The Kier molecular flexibility index (Phi) is 5.07. The van der Waals surface area contributed by atoms with Crippen molar-refractivity contribution in [3.05, 3.63) is 75.8 Å². The Morgan fingerprint density at radius 3 is 2.52 bits per heavy atom. The summed E-state index contributed by atoms with van der Waals surface area (Å²) in [5, 5.41) is 9.96. The number of methoxy groups -OCH3 is 1. The summed E-state index contributed by atoms with van der Waals surface area (Å²) in [4.78, 5) is 46.5. The van der Waals surface area contributed by atoms with Crippen molar-refractivity contribution in [2.75, 3.05) is 7.11 Å². The van der Waals surface area contributed by atoms with Crippen LogP contribution in [-0.4, -0.2) is 38.9 Å². The largest absolute Gasteiger partial charge is 0.501 e. The molecule has 0 spiro atoms. The number of ketones is 1. The Bertz CT molecular complexity index is 1040. The summed E-state index contributed by atoms with van der Waals surface area (Å²) in [7, 11) is 1.28. The third-order valence-electron chi connectivity index (χ3n) is 3.81. The van der Waals surface area contributed by atoms with E-state index in [9.17, 15) is 19.5 Å². The summed E-state index contributed by atoms with van der Waals surface area (Å²) in [6.45, 7) is 0. The number of benzene rings is 1. The molecule has 0 aliphatic heterocycles. The minimum absolute atomic E-state index is 0.0859. The molecule has 0 saturated heterocycles. The molecular weight excluding hydrogens is 350 g/mol. The minimum Gasteiger partial charge on any atom is -0.501 e. The average molecular weight is 365 g/mol. The molecule has 136 valence electrons. The molecule has 0 fully saturated rings. The predicted octanol–water partition coefficient (Wildman–Crippen LogP) is 1.75. The first kappa shape index (κ1) is 18.0. The first-order valence-electron chi connectivity index (χ1n) is 7.94. The van der Waals surface area contributed by atoms with Gasteiger partial charge >= 0.3 is 5.97 Å². The van der Waals surface area contributed by atoms with E-state index in [4.69, 9.17) is 0 Å². The summed E-state index contributed by atoms with van der Waals surface area (Å²) < 4.78 is 4.62. The van der Waals surface area contributed by atoms with Crippen LogP contribution in [0.1, 0.15) is 26.4 Å². The van der Waals surface area contributed by atoms with Crippen LogP contribution in [0.4, 0.5) is 0 Å². The van der Waals surface area contributed by atoms with Gasteiger partial charge in [0.15, 0.2) is 17.3 Å². The van der Waals surface area contributed by atoms with Gasteiger partial charge in [-0.15, -0.1) is 0 Å². The molecule has 3 rings (SSSR count). The van der Waals surface area contributed by atoms with Crippen LogP contribution in [0.2, 0.25) is 0 Å². The van der Waals surface area contributed by atoms with Crippen LogP contribution in [0.25, 0.3) is 11.5 Å². The number of Topliss-reactive ketones (excluding diaryl/α,β-unsaturated/α-hetero) is 1. The molecular formula is C19H15N3O5. The van der Waals surface area contributed by atoms with Gasteiger partial charge in [-0.05, 0) is 29.8 Å². The summed E-state index contributed by atoms with van der Waals surface area (Å²) in [6, 6.07) is 11.3. The maximum Gasteiger partial charge on any atom is 0.337 e. The molecule has 0 aliphatic rings. The highest BCUT2D eigenvalue weighted by molar-refractivity contribution is 5.98. The van der Waals surface area contributed by atoms with Crippen molar-refractivity contribution in [1.29, 1.82) is 0 Å². The van der Waals surface area contributed by atoms with E-state index in [-0.39, 0.29) is 17.9 Å². The number of ether oxygens (including phenoxy) is 1. The molecule has 3 aromatic rings. The number of aromatic amines is 1. The molecule has 0 unspecified atom stereocenters. The number of carbonyl (C=O) groups is 2. The van der Waals surface area contributed by atoms with Crippen molar-refractivity contribution in [2.45, 2.75) is 6.42 Å². The molecule has 2 N–H and O–H groups in total. The molecule has 0 radical (unpaired) electrons. The lowest BCUT2D eigenvalue weighted by Crippen LogP contribution is -2.17. The number of carbonyl (C=O) groups excluding carboxylic acids is 2. The maximum atomic E-state index is 12.6. The van der Waals surface area contributed by atoms with Gasteiger partial charge in [-0.2, -0.15) is 0 Å². The first-order chi connectivity index (χ1) is 13.0. The van der Waals surface area contributed by atoms with E-state index >= 15 is 0 Å². The van der Waals surface area contributed by atoms with Crippen LogP contribution in [0.3, 0.4) is 0 Å². The second-order valence-electron chi connectivity index (χ2n) is 5.62. The van der Waals surface area contributed by atoms with Gasteiger partial charge < -0.3 is 14.8 Å². The van der Waals surface area contributed by atoms with E-state index in [1.807, 2.05) is 0 Å². The highest BCUT2D eigenvalue weighted by atomic mass is 16.5. The van der Waals surface area contributed by atoms with Gasteiger partial charge in [0.1, 0.15) is 5.69 Å². The van der Waals surface area contributed by atoms with Gasteiger partial charge in [-0.1, -0.05) is 18.2 Å². The number of H-pyrrole nitrogens is 1. The summed E-state index contributed by atoms with van der Waals surface area (Å²) in [5.41, 5.74) is 0.148. The fourth-order valence-electron chi connectivity index (χ4n) is 2.43. The average Bonchev–Trinajstić information content (AvgIpc) is 2.70. The molecule has 8 nitrogen and oxygen atoms in total. The van der Waals surface area contributed by atoms with Gasteiger partial charge in [0.2, 0.25) is 5.75 Å². The van der Waals surface area contributed by atoms with Crippen LogP contribution in [-0.2, 0) is 11.2 Å². The molecule has 8 heteroatoms. The van der Waals surface area contributed by atoms with E-state index in [1.165, 1.54) is 25.4 Å². The van der Waals surface area contributed by atoms with Crippen molar-refractivity contribution in [3.63, 3.8) is 0 Å². The highest BCUT2D eigenvalue weighted by Crippen LogP contribution is 2.17. The monoisotopic (exact) mass is 365 g/mol. The number of aromatic hydroxyl groups is 1. The zero-order valence-electron chi connectivity index (χ0n) is 14.3. The summed E-state index contributed by atoms with van der Waals surface area (Å²) >= 11 is 0. The lowest BCUT2D eigenvalue weighted by atomic mass is 10.0. The van der Waals surface area contributed by atoms with Crippen molar-refractivity contribution in [1.82, 2.24) is 15.0 Å². The third-order valence-corrected chi connectivity index (χ3v) is 3.81. The van der Waals surface area contributed by atoms with Crippen LogP contribution < -0.4 is 5.56 Å². The number of nitrogens with zero attached hydrogens (tertiary/aromatic N) is 2. The second kappa shape index (κ2) is 7.61. The lowest BCUT2D eigenvalue weighted by Gasteiger charge is -2.06. The SMILES string of the molecule is COC(=O)c1ccc(CC(=O)c2nc(-c3ccccn3)[nH]c(=O)c2O)cc1. The maximum absolute atomic E-state index is 12.6. The van der Waals surface area contributed by atoms with Crippen molar-refractivity contribution < 1.29 is 19.4 Å². The van der Waals surface area contributed by atoms with E-state index in [2.05, 4.69) is 19.7 Å². The molecule has 2 aromatic heterocycles. The molecule has 0 atom stereocenters. The minimum atomic E-state index is -0.824. The molecule has 2 heterocycles. The van der Waals surface area contributed by atoms with Gasteiger partial charge in [-0.25, -0.2) is 9.78 Å². The molecule has 0 aliphatic carbocycles. The van der Waals surface area contributed by atoms with E-state index < -0.39 is 23.1 Å². The van der Waals surface area contributed by atoms with Gasteiger partial charge in [-0.3, -0.25) is 14.6 Å².